The number of fused-ring (bicyclic) bond motifs is 2. The second-order valence-electron chi connectivity index (χ2n) is 6.94. The molecular formula is C18Cl12O6P-. The van der Waals surface area contributed by atoms with Crippen molar-refractivity contribution >= 4 is 147 Å². The van der Waals surface area contributed by atoms with Gasteiger partial charge in [0.05, 0.1) is 0 Å². The Kier molecular flexibility index (Phi) is 7.38. The van der Waals surface area contributed by atoms with E-state index >= 15 is 0 Å². The molecule has 0 radical (unpaired) electrons. The average Bonchev–Trinajstić information content (AvgIpc) is 3.40. The predicted molar refractivity (Wildman–Crippen MR) is 149 cm³/mol. The van der Waals surface area contributed by atoms with Gasteiger partial charge in [-0.25, -0.2) is 0 Å². The van der Waals surface area contributed by atoms with Crippen molar-refractivity contribution in [2.45, 2.75) is 0 Å². The molecule has 0 aromatic heterocycles. The fourth-order valence-corrected chi connectivity index (χ4v) is 8.76. The molecule has 0 aliphatic carbocycles. The van der Waals surface area contributed by atoms with E-state index in [1.54, 1.807) is 0 Å². The first-order chi connectivity index (χ1) is 17.1. The molecule has 198 valence electrons. The average molecular weight is 769 g/mol. The van der Waals surface area contributed by atoms with Crippen molar-refractivity contribution in [1.29, 1.82) is 0 Å². The van der Waals surface area contributed by atoms with Crippen LogP contribution in [0.25, 0.3) is 0 Å². The summed E-state index contributed by atoms with van der Waals surface area (Å²) < 4.78 is 29.7. The van der Waals surface area contributed by atoms with Crippen molar-refractivity contribution in [1.82, 2.24) is 0 Å². The van der Waals surface area contributed by atoms with Gasteiger partial charge in [-0.15, -0.1) is 0 Å². The normalized spacial score (nSPS) is 17.1. The number of benzene rings is 3. The maximum atomic E-state index is 13.0. The van der Waals surface area contributed by atoms with Crippen molar-refractivity contribution < 1.29 is 27.7 Å². The van der Waals surface area contributed by atoms with Crippen LogP contribution >= 0.6 is 147 Å². The molecular weight excluding hydrogens is 769 g/mol. The van der Waals surface area contributed by atoms with Crippen LogP contribution in [0, 0.1) is 0 Å². The molecule has 0 bridgehead atoms. The molecule has 0 unspecified atom stereocenters. The van der Waals surface area contributed by atoms with Gasteiger partial charge in [-0.2, -0.15) is 0 Å². The zero-order chi connectivity index (χ0) is 27.4. The predicted octanol–water partition coefficient (Wildman–Crippen LogP) is 12.1. The number of halogens is 12. The van der Waals surface area contributed by atoms with E-state index in [0.717, 1.165) is 0 Å². The van der Waals surface area contributed by atoms with Crippen LogP contribution < -0.4 is 27.7 Å². The van der Waals surface area contributed by atoms with Gasteiger partial charge in [0, 0.05) is 0 Å². The van der Waals surface area contributed by atoms with E-state index in [0.29, 0.717) is 0 Å². The van der Waals surface area contributed by atoms with Gasteiger partial charge in [-0.1, -0.05) is 0 Å². The molecule has 0 saturated carbocycles. The molecule has 3 aromatic rings. The first kappa shape index (κ1) is 28.9. The van der Waals surface area contributed by atoms with Gasteiger partial charge in [-0.3, -0.25) is 0 Å². The quantitative estimate of drug-likeness (QED) is 0.147. The Bertz CT molecular complexity index is 1390. The summed E-state index contributed by atoms with van der Waals surface area (Å²) in [7, 11) is -5.75. The van der Waals surface area contributed by atoms with Crippen molar-refractivity contribution in [3.05, 3.63) is 60.3 Å². The standard InChI is InChI=1S/C18HCl12O6P/c19-1-2(20)8(26)14(13(31)7(1)25)32-37(33-15-9(27)3(21)4(22)10(28)16(15)34-37)35-17-11(29)5(23)6(24)12(30)18(17)36-37/h31H/p-1. The Balaban J connectivity index is 1.81. The summed E-state index contributed by atoms with van der Waals surface area (Å²) in [5, 5.41) is 9.29. The molecule has 5 rings (SSSR count). The summed E-state index contributed by atoms with van der Waals surface area (Å²) in [6.45, 7) is 0. The summed E-state index contributed by atoms with van der Waals surface area (Å²) in [5.41, 5.74) is 0. The molecule has 2 heterocycles. The van der Waals surface area contributed by atoms with E-state index in [4.69, 9.17) is 162 Å². The first-order valence-corrected chi connectivity index (χ1v) is 15.3. The van der Waals surface area contributed by atoms with Crippen LogP contribution in [0.5, 0.6) is 34.5 Å². The molecule has 2 aliphatic heterocycles. The monoisotopic (exact) mass is 763 g/mol. The van der Waals surface area contributed by atoms with Crippen molar-refractivity contribution in [3.63, 3.8) is 0 Å². The van der Waals surface area contributed by atoms with E-state index in [9.17, 15) is 5.11 Å². The van der Waals surface area contributed by atoms with Crippen molar-refractivity contribution in [2.75, 3.05) is 0 Å². The van der Waals surface area contributed by atoms with Gasteiger partial charge in [0.2, 0.25) is 0 Å². The zero-order valence-electron chi connectivity index (χ0n) is 16.4. The maximum absolute atomic E-state index is 13.0. The molecule has 0 N–H and O–H groups in total. The van der Waals surface area contributed by atoms with Crippen LogP contribution in [0.15, 0.2) is 0 Å². The minimum absolute atomic E-state index is 0.215. The number of hydrogen-bond donors (Lipinski definition) is 0. The summed E-state index contributed by atoms with van der Waals surface area (Å²) in [6.07, 6.45) is 0. The van der Waals surface area contributed by atoms with Crippen molar-refractivity contribution in [3.8, 4) is 34.5 Å². The number of rotatable bonds is 2. The fourth-order valence-electron chi connectivity index (χ4n) is 3.11. The van der Waals surface area contributed by atoms with Gasteiger partial charge in [-0.05, 0) is 0 Å². The summed E-state index contributed by atoms with van der Waals surface area (Å²) >= 11 is 74.4. The Labute approximate surface area is 267 Å². The van der Waals surface area contributed by atoms with Crippen LogP contribution in [0.1, 0.15) is 0 Å². The summed E-state index contributed by atoms with van der Waals surface area (Å²) in [4.78, 5) is 0. The van der Waals surface area contributed by atoms with E-state index < -0.39 is 29.3 Å². The topological polar surface area (TPSA) is 69.2 Å². The van der Waals surface area contributed by atoms with Gasteiger partial charge in [0.1, 0.15) is 0 Å². The molecule has 0 saturated heterocycles. The molecule has 0 atom stereocenters. The van der Waals surface area contributed by atoms with Crippen LogP contribution in [-0.2, 0) is 0 Å². The van der Waals surface area contributed by atoms with Gasteiger partial charge >= 0.3 is 269 Å². The molecule has 1 spiro atoms. The van der Waals surface area contributed by atoms with Crippen LogP contribution in [0.2, 0.25) is 60.3 Å². The van der Waals surface area contributed by atoms with E-state index in [-0.39, 0.29) is 73.2 Å². The third kappa shape index (κ3) is 4.10. The van der Waals surface area contributed by atoms with Crippen LogP contribution in [0.4, 0.5) is 0 Å². The van der Waals surface area contributed by atoms with E-state index in [1.807, 2.05) is 0 Å². The van der Waals surface area contributed by atoms with Gasteiger partial charge < -0.3 is 0 Å². The first-order valence-electron chi connectivity index (χ1n) is 8.91. The minimum atomic E-state index is -5.75. The third-order valence-corrected chi connectivity index (χ3v) is 12.5. The summed E-state index contributed by atoms with van der Waals surface area (Å²) in [6, 6.07) is 0. The third-order valence-electron chi connectivity index (χ3n) is 4.75. The molecule has 19 heteroatoms. The Hall–Kier alpha value is 0.370. The van der Waals surface area contributed by atoms with Crippen LogP contribution in [-0.4, -0.2) is 0 Å². The Morgan fingerprint density at radius 1 is 0.405 bits per heavy atom. The zero-order valence-corrected chi connectivity index (χ0v) is 26.4. The second-order valence-corrected chi connectivity index (χ2v) is 13.9. The molecule has 0 fully saturated rings. The molecule has 6 nitrogen and oxygen atoms in total. The molecule has 3 aromatic carbocycles. The fraction of sp³-hybridized carbons (Fsp3) is 0. The molecule has 2 aliphatic rings. The number of hydrogen-bond acceptors (Lipinski definition) is 6. The molecule has 0 amide bonds. The van der Waals surface area contributed by atoms with Gasteiger partial charge in [0.25, 0.3) is 0 Å². The van der Waals surface area contributed by atoms with E-state index in [1.165, 1.54) is 0 Å². The SMILES string of the molecule is [O-]c1c(Cl)c(Cl)c(Cl)c(Cl)c1OP12(Oc3c(Cl)c(Cl)c(Cl)c(Cl)c3O1)Oc1c(Cl)c(Cl)c(Cl)c(Cl)c1O2. The Morgan fingerprint density at radius 3 is 1.00 bits per heavy atom. The molecule has 37 heavy (non-hydrogen) atoms. The summed E-state index contributed by atoms with van der Waals surface area (Å²) in [5.74, 6) is -3.17. The van der Waals surface area contributed by atoms with E-state index in [2.05, 4.69) is 0 Å². The van der Waals surface area contributed by atoms with Crippen molar-refractivity contribution in [2.24, 2.45) is 0 Å². The Morgan fingerprint density at radius 2 is 0.676 bits per heavy atom. The van der Waals surface area contributed by atoms with Gasteiger partial charge in [0.15, 0.2) is 0 Å². The van der Waals surface area contributed by atoms with Crippen LogP contribution in [0.3, 0.4) is 0 Å². The second kappa shape index (κ2) is 9.46.